The van der Waals surface area contributed by atoms with E-state index in [4.69, 9.17) is 4.74 Å². The fraction of sp³-hybridized carbons (Fsp3) is 0.118. The van der Waals surface area contributed by atoms with E-state index in [2.05, 4.69) is 0 Å². The van der Waals surface area contributed by atoms with Crippen molar-refractivity contribution in [2.75, 3.05) is 6.26 Å². The minimum absolute atomic E-state index is 0.250. The second-order valence-corrected chi connectivity index (χ2v) is 7.14. The van der Waals surface area contributed by atoms with Gasteiger partial charge in [0, 0.05) is 17.4 Å². The molecule has 1 aliphatic heterocycles. The van der Waals surface area contributed by atoms with Crippen LogP contribution in [0.5, 0.6) is 5.75 Å². The second kappa shape index (κ2) is 5.42. The van der Waals surface area contributed by atoms with Crippen molar-refractivity contribution in [1.29, 1.82) is 0 Å². The Morgan fingerprint density at radius 2 is 1.73 bits per heavy atom. The van der Waals surface area contributed by atoms with Crippen molar-refractivity contribution in [1.82, 2.24) is 0 Å². The van der Waals surface area contributed by atoms with Gasteiger partial charge < -0.3 is 9.53 Å². The molecule has 0 bridgehead atoms. The topological polar surface area (TPSA) is 60.4 Å². The second-order valence-electron chi connectivity index (χ2n) is 5.13. The highest BCUT2D eigenvalue weighted by Gasteiger charge is 2.22. The molecule has 1 heterocycles. The fourth-order valence-electron chi connectivity index (χ4n) is 2.39. The van der Waals surface area contributed by atoms with Gasteiger partial charge in [-0.2, -0.15) is 0 Å². The van der Waals surface area contributed by atoms with Crippen molar-refractivity contribution in [2.24, 2.45) is 0 Å². The van der Waals surface area contributed by atoms with E-state index in [-0.39, 0.29) is 10.8 Å². The number of hydrogen-bond donors (Lipinski definition) is 0. The van der Waals surface area contributed by atoms with Gasteiger partial charge in [0.2, 0.25) is 0 Å². The third-order valence-electron chi connectivity index (χ3n) is 3.54. The zero-order valence-corrected chi connectivity index (χ0v) is 12.7. The lowest BCUT2D eigenvalue weighted by Crippen LogP contribution is -2.10. The predicted molar refractivity (Wildman–Crippen MR) is 83.4 cm³/mol. The molecule has 1 aliphatic rings. The summed E-state index contributed by atoms with van der Waals surface area (Å²) in [6.07, 6.45) is 3.77. The summed E-state index contributed by atoms with van der Waals surface area (Å²) in [7, 11) is -3.23. The third kappa shape index (κ3) is 2.67. The minimum atomic E-state index is -3.23. The number of carbonyl (C=O) groups is 1. The van der Waals surface area contributed by atoms with Crippen LogP contribution in [-0.2, 0) is 14.6 Å². The maximum Gasteiger partial charge on any atom is 0.175 e. The lowest BCUT2D eigenvalue weighted by molar-refractivity contribution is -0.108. The molecule has 0 spiro atoms. The van der Waals surface area contributed by atoms with E-state index in [0.717, 1.165) is 23.7 Å². The van der Waals surface area contributed by atoms with Gasteiger partial charge in [0.15, 0.2) is 9.84 Å². The van der Waals surface area contributed by atoms with Crippen molar-refractivity contribution in [3.63, 3.8) is 0 Å². The van der Waals surface area contributed by atoms with Crippen molar-refractivity contribution < 1.29 is 17.9 Å². The highest BCUT2D eigenvalue weighted by Crippen LogP contribution is 2.36. The first-order valence-corrected chi connectivity index (χ1v) is 8.62. The molecule has 0 N–H and O–H groups in total. The Balaban J connectivity index is 1.99. The van der Waals surface area contributed by atoms with Crippen LogP contribution in [0.2, 0.25) is 0 Å². The van der Waals surface area contributed by atoms with E-state index in [0.29, 0.717) is 11.5 Å². The quantitative estimate of drug-likeness (QED) is 0.817. The first-order valence-electron chi connectivity index (χ1n) is 6.73. The van der Waals surface area contributed by atoms with Crippen LogP contribution < -0.4 is 4.74 Å². The number of allylic oxidation sites excluding steroid dienone is 1. The van der Waals surface area contributed by atoms with E-state index >= 15 is 0 Å². The number of para-hydroxylation sites is 1. The molecule has 2 aromatic rings. The number of hydrogen-bond acceptors (Lipinski definition) is 4. The summed E-state index contributed by atoms with van der Waals surface area (Å²) in [6, 6.07) is 13.8. The molecule has 4 nitrogen and oxygen atoms in total. The predicted octanol–water partition coefficient (Wildman–Crippen LogP) is 2.81. The summed E-state index contributed by atoms with van der Waals surface area (Å²) in [5, 5.41) is 0. The molecule has 3 rings (SSSR count). The number of sulfone groups is 1. The standard InChI is InChI=1S/C17H14O4S/c1-22(19,20)14-8-6-12(7-9-14)17-10-13(11-18)15-4-2-3-5-16(15)21-17/h2-11,13H,1H3. The summed E-state index contributed by atoms with van der Waals surface area (Å²) in [5.41, 5.74) is 1.56. The third-order valence-corrected chi connectivity index (χ3v) is 4.67. The lowest BCUT2D eigenvalue weighted by atomic mass is 9.95. The van der Waals surface area contributed by atoms with E-state index in [1.807, 2.05) is 24.3 Å². The van der Waals surface area contributed by atoms with E-state index in [1.165, 1.54) is 12.1 Å². The molecular weight excluding hydrogens is 300 g/mol. The van der Waals surface area contributed by atoms with Gasteiger partial charge in [-0.15, -0.1) is 0 Å². The SMILES string of the molecule is CS(=O)(=O)c1ccc(C2=CC(C=O)c3ccccc3O2)cc1. The van der Waals surface area contributed by atoms with Gasteiger partial charge in [0.05, 0.1) is 10.8 Å². The number of rotatable bonds is 3. The average Bonchev–Trinajstić information content (AvgIpc) is 2.53. The van der Waals surface area contributed by atoms with Gasteiger partial charge in [-0.3, -0.25) is 0 Å². The Bertz CT molecular complexity index is 848. The van der Waals surface area contributed by atoms with Crippen LogP contribution in [0.25, 0.3) is 5.76 Å². The van der Waals surface area contributed by atoms with E-state index < -0.39 is 9.84 Å². The fourth-order valence-corrected chi connectivity index (χ4v) is 3.02. The van der Waals surface area contributed by atoms with Crippen molar-refractivity contribution in [2.45, 2.75) is 10.8 Å². The van der Waals surface area contributed by atoms with Gasteiger partial charge in [-0.05, 0) is 36.4 Å². The van der Waals surface area contributed by atoms with Crippen LogP contribution in [0.4, 0.5) is 0 Å². The van der Waals surface area contributed by atoms with Crippen LogP contribution in [0.1, 0.15) is 17.0 Å². The molecule has 112 valence electrons. The Kier molecular flexibility index (Phi) is 3.58. The highest BCUT2D eigenvalue weighted by atomic mass is 32.2. The normalized spacial score (nSPS) is 17.1. The maximum atomic E-state index is 11.5. The zero-order chi connectivity index (χ0) is 15.7. The van der Waals surface area contributed by atoms with Crippen LogP contribution in [0.15, 0.2) is 59.5 Å². The molecule has 0 saturated carbocycles. The first-order chi connectivity index (χ1) is 10.5. The molecule has 0 saturated heterocycles. The minimum Gasteiger partial charge on any atom is -0.457 e. The number of aldehydes is 1. The Morgan fingerprint density at radius 1 is 1.05 bits per heavy atom. The lowest BCUT2D eigenvalue weighted by Gasteiger charge is -2.22. The molecule has 0 aliphatic carbocycles. The Morgan fingerprint density at radius 3 is 2.36 bits per heavy atom. The van der Waals surface area contributed by atoms with E-state index in [1.54, 1.807) is 18.2 Å². The van der Waals surface area contributed by atoms with Crippen LogP contribution in [0, 0.1) is 0 Å². The summed E-state index contributed by atoms with van der Waals surface area (Å²) < 4.78 is 28.8. The highest BCUT2D eigenvalue weighted by molar-refractivity contribution is 7.90. The Hall–Kier alpha value is -2.40. The zero-order valence-electron chi connectivity index (χ0n) is 11.9. The van der Waals surface area contributed by atoms with Crippen molar-refractivity contribution in [3.8, 4) is 5.75 Å². The summed E-state index contributed by atoms with van der Waals surface area (Å²) in [6.45, 7) is 0. The van der Waals surface area contributed by atoms with Gasteiger partial charge in [-0.1, -0.05) is 18.2 Å². The number of ether oxygens (including phenoxy) is 1. The molecule has 1 unspecified atom stereocenters. The number of fused-ring (bicyclic) bond motifs is 1. The monoisotopic (exact) mass is 314 g/mol. The largest absolute Gasteiger partial charge is 0.457 e. The molecule has 0 fully saturated rings. The number of benzene rings is 2. The summed E-state index contributed by atoms with van der Waals surface area (Å²) >= 11 is 0. The van der Waals surface area contributed by atoms with Gasteiger partial charge >= 0.3 is 0 Å². The first kappa shape index (κ1) is 14.5. The Labute approximate surface area is 129 Å². The summed E-state index contributed by atoms with van der Waals surface area (Å²) in [4.78, 5) is 11.6. The van der Waals surface area contributed by atoms with Crippen LogP contribution >= 0.6 is 0 Å². The molecule has 5 heteroatoms. The summed E-state index contributed by atoms with van der Waals surface area (Å²) in [5.74, 6) is 0.828. The van der Waals surface area contributed by atoms with Crippen molar-refractivity contribution >= 4 is 21.9 Å². The van der Waals surface area contributed by atoms with Crippen LogP contribution in [0.3, 0.4) is 0 Å². The molecule has 22 heavy (non-hydrogen) atoms. The van der Waals surface area contributed by atoms with Gasteiger partial charge in [0.25, 0.3) is 0 Å². The van der Waals surface area contributed by atoms with Crippen molar-refractivity contribution in [3.05, 3.63) is 65.7 Å². The molecule has 2 aromatic carbocycles. The van der Waals surface area contributed by atoms with Gasteiger partial charge in [0.1, 0.15) is 17.8 Å². The smallest absolute Gasteiger partial charge is 0.175 e. The average molecular weight is 314 g/mol. The van der Waals surface area contributed by atoms with Gasteiger partial charge in [-0.25, -0.2) is 8.42 Å². The molecule has 0 amide bonds. The molecular formula is C17H14O4S. The van der Waals surface area contributed by atoms with Crippen LogP contribution in [-0.4, -0.2) is 21.0 Å². The maximum absolute atomic E-state index is 11.5. The molecule has 1 atom stereocenters. The van der Waals surface area contributed by atoms with E-state index in [9.17, 15) is 13.2 Å². The molecule has 0 radical (unpaired) electrons. The number of carbonyl (C=O) groups excluding carboxylic acids is 1. The molecule has 0 aromatic heterocycles.